The number of hydrogen-bond acceptors (Lipinski definition) is 5. The highest BCUT2D eigenvalue weighted by Crippen LogP contribution is 2.20. The summed E-state index contributed by atoms with van der Waals surface area (Å²) in [5.41, 5.74) is 1.71. The van der Waals surface area contributed by atoms with Gasteiger partial charge < -0.3 is 10.1 Å². The maximum absolute atomic E-state index is 12.8. The molecule has 0 aliphatic heterocycles. The van der Waals surface area contributed by atoms with Gasteiger partial charge in [-0.3, -0.25) is 9.59 Å². The zero-order valence-corrected chi connectivity index (χ0v) is 17.9. The van der Waals surface area contributed by atoms with Crippen LogP contribution in [0.4, 0.5) is 5.69 Å². The van der Waals surface area contributed by atoms with E-state index >= 15 is 0 Å². The molecule has 1 N–H and O–H groups in total. The highest BCUT2D eigenvalue weighted by Gasteiger charge is 2.21. The largest absolute Gasteiger partial charge is 0.427 e. The molecular weight excluding hydrogens is 416 g/mol. The monoisotopic (exact) mass is 438 g/mol. The number of anilines is 1. The summed E-state index contributed by atoms with van der Waals surface area (Å²) in [6.07, 6.45) is 0. The van der Waals surface area contributed by atoms with Crippen LogP contribution in [-0.2, 0) is 21.4 Å². The minimum atomic E-state index is -3.67. The summed E-state index contributed by atoms with van der Waals surface area (Å²) in [5.74, 6) is -0.467. The van der Waals surface area contributed by atoms with Gasteiger partial charge in [0, 0.05) is 31.8 Å². The molecule has 0 bridgehead atoms. The molecule has 8 heteroatoms. The number of nitrogens with one attached hydrogen (secondary N) is 1. The Morgan fingerprint density at radius 3 is 2.10 bits per heavy atom. The second-order valence-corrected chi connectivity index (χ2v) is 8.89. The number of esters is 1. The molecule has 31 heavy (non-hydrogen) atoms. The van der Waals surface area contributed by atoms with E-state index in [9.17, 15) is 18.0 Å². The fraction of sp³-hybridized carbons (Fsp3) is 0.130. The van der Waals surface area contributed by atoms with Crippen molar-refractivity contribution < 1.29 is 22.7 Å². The lowest BCUT2D eigenvalue weighted by atomic mass is 10.2. The molecule has 0 unspecified atom stereocenters. The van der Waals surface area contributed by atoms with Crippen molar-refractivity contribution in [3.8, 4) is 5.75 Å². The van der Waals surface area contributed by atoms with E-state index < -0.39 is 16.0 Å². The Bertz CT molecular complexity index is 1160. The third-order valence-corrected chi connectivity index (χ3v) is 6.26. The van der Waals surface area contributed by atoms with Gasteiger partial charge in [-0.25, -0.2) is 8.42 Å². The summed E-state index contributed by atoms with van der Waals surface area (Å²) in [7, 11) is -2.14. The molecular formula is C23H22N2O5S. The van der Waals surface area contributed by atoms with Crippen molar-refractivity contribution in [1.29, 1.82) is 0 Å². The number of rotatable bonds is 7. The first kappa shape index (κ1) is 22.2. The van der Waals surface area contributed by atoms with Crippen LogP contribution in [0.3, 0.4) is 0 Å². The average molecular weight is 439 g/mol. The fourth-order valence-electron chi connectivity index (χ4n) is 2.86. The number of ether oxygens (including phenoxy) is 1. The van der Waals surface area contributed by atoms with Crippen LogP contribution in [0, 0.1) is 0 Å². The minimum Gasteiger partial charge on any atom is -0.427 e. The van der Waals surface area contributed by atoms with Crippen molar-refractivity contribution in [3.63, 3.8) is 0 Å². The van der Waals surface area contributed by atoms with Crippen LogP contribution in [-0.4, -0.2) is 31.6 Å². The summed E-state index contributed by atoms with van der Waals surface area (Å²) in [4.78, 5) is 23.5. The first-order valence-corrected chi connectivity index (χ1v) is 10.9. The molecule has 160 valence electrons. The maximum Gasteiger partial charge on any atom is 0.308 e. The van der Waals surface area contributed by atoms with E-state index in [1.54, 1.807) is 0 Å². The van der Waals surface area contributed by atoms with Crippen LogP contribution < -0.4 is 10.1 Å². The van der Waals surface area contributed by atoms with Gasteiger partial charge in [-0.05, 0) is 54.1 Å². The predicted octanol–water partition coefficient (Wildman–Crippen LogP) is 3.68. The third kappa shape index (κ3) is 5.78. The van der Waals surface area contributed by atoms with E-state index in [1.807, 2.05) is 30.3 Å². The van der Waals surface area contributed by atoms with Crippen molar-refractivity contribution >= 4 is 27.6 Å². The van der Waals surface area contributed by atoms with Gasteiger partial charge in [-0.2, -0.15) is 4.31 Å². The smallest absolute Gasteiger partial charge is 0.308 e. The quantitative estimate of drug-likeness (QED) is 0.449. The Labute approximate surface area is 181 Å². The Kier molecular flexibility index (Phi) is 6.84. The molecule has 1 amide bonds. The number of amides is 1. The van der Waals surface area contributed by atoms with Gasteiger partial charge in [0.15, 0.2) is 0 Å². The molecule has 0 aliphatic carbocycles. The van der Waals surface area contributed by atoms with Crippen molar-refractivity contribution in [2.24, 2.45) is 0 Å². The number of nitrogens with zero attached hydrogens (tertiary/aromatic N) is 1. The zero-order valence-electron chi connectivity index (χ0n) is 17.1. The van der Waals surface area contributed by atoms with Crippen LogP contribution in [0.2, 0.25) is 0 Å². The van der Waals surface area contributed by atoms with E-state index in [4.69, 9.17) is 4.74 Å². The van der Waals surface area contributed by atoms with Gasteiger partial charge in [0.1, 0.15) is 5.75 Å². The summed E-state index contributed by atoms with van der Waals surface area (Å²) in [6, 6.07) is 21.4. The second-order valence-electron chi connectivity index (χ2n) is 6.84. The van der Waals surface area contributed by atoms with Gasteiger partial charge in [0.25, 0.3) is 5.91 Å². The summed E-state index contributed by atoms with van der Waals surface area (Å²) >= 11 is 0. The van der Waals surface area contributed by atoms with E-state index in [0.717, 1.165) is 5.56 Å². The molecule has 0 aliphatic rings. The Morgan fingerprint density at radius 2 is 1.52 bits per heavy atom. The lowest BCUT2D eigenvalue weighted by Crippen LogP contribution is -2.26. The van der Waals surface area contributed by atoms with Gasteiger partial charge in [-0.15, -0.1) is 0 Å². The first-order valence-electron chi connectivity index (χ1n) is 9.46. The number of benzene rings is 3. The summed E-state index contributed by atoms with van der Waals surface area (Å²) < 4.78 is 31.8. The lowest BCUT2D eigenvalue weighted by Gasteiger charge is -2.17. The summed E-state index contributed by atoms with van der Waals surface area (Å²) in [6.45, 7) is 1.55. The average Bonchev–Trinajstić information content (AvgIpc) is 2.75. The van der Waals surface area contributed by atoms with E-state index in [-0.39, 0.29) is 17.3 Å². The molecule has 0 radical (unpaired) electrons. The number of hydrogen-bond donors (Lipinski definition) is 1. The van der Waals surface area contributed by atoms with Crippen LogP contribution in [0.25, 0.3) is 0 Å². The number of carbonyl (C=O) groups is 2. The highest BCUT2D eigenvalue weighted by molar-refractivity contribution is 7.89. The molecule has 0 fully saturated rings. The van der Waals surface area contributed by atoms with Gasteiger partial charge in [0.05, 0.1) is 4.90 Å². The minimum absolute atomic E-state index is 0.134. The highest BCUT2D eigenvalue weighted by atomic mass is 32.2. The molecule has 0 saturated carbocycles. The van der Waals surface area contributed by atoms with E-state index in [0.29, 0.717) is 17.0 Å². The molecule has 3 aromatic carbocycles. The molecule has 0 heterocycles. The number of sulfonamides is 1. The Morgan fingerprint density at radius 1 is 0.903 bits per heavy atom. The van der Waals surface area contributed by atoms with Crippen LogP contribution in [0.1, 0.15) is 22.8 Å². The molecule has 3 aromatic rings. The standard InChI is InChI=1S/C23H22N2O5S/c1-17(26)30-21-12-8-19(9-13-21)23(27)24-20-10-14-22(15-11-20)31(28,29)25(2)16-18-6-4-3-5-7-18/h3-15H,16H2,1-2H3,(H,24,27). The zero-order chi connectivity index (χ0) is 22.4. The number of carbonyl (C=O) groups excluding carboxylic acids is 2. The van der Waals surface area contributed by atoms with Crippen LogP contribution in [0.15, 0.2) is 83.8 Å². The van der Waals surface area contributed by atoms with Crippen molar-refractivity contribution in [2.45, 2.75) is 18.4 Å². The second kappa shape index (κ2) is 9.55. The molecule has 0 aromatic heterocycles. The van der Waals surface area contributed by atoms with E-state index in [2.05, 4.69) is 5.32 Å². The first-order chi connectivity index (χ1) is 14.8. The van der Waals surface area contributed by atoms with E-state index in [1.165, 1.54) is 66.8 Å². The van der Waals surface area contributed by atoms with Crippen LogP contribution in [0.5, 0.6) is 5.75 Å². The molecule has 3 rings (SSSR count). The predicted molar refractivity (Wildman–Crippen MR) is 117 cm³/mol. The Hall–Kier alpha value is -3.49. The Balaban J connectivity index is 1.66. The molecule has 7 nitrogen and oxygen atoms in total. The SMILES string of the molecule is CC(=O)Oc1ccc(C(=O)Nc2ccc(S(=O)(=O)N(C)Cc3ccccc3)cc2)cc1. The third-order valence-electron chi connectivity index (χ3n) is 4.45. The van der Waals surface area contributed by atoms with Gasteiger partial charge in [0.2, 0.25) is 10.0 Å². The normalized spacial score (nSPS) is 11.2. The molecule has 0 atom stereocenters. The van der Waals surface area contributed by atoms with Crippen molar-refractivity contribution in [3.05, 3.63) is 90.0 Å². The topological polar surface area (TPSA) is 92.8 Å². The van der Waals surface area contributed by atoms with Gasteiger partial charge in [-0.1, -0.05) is 30.3 Å². The fourth-order valence-corrected chi connectivity index (χ4v) is 4.02. The van der Waals surface area contributed by atoms with Gasteiger partial charge >= 0.3 is 5.97 Å². The van der Waals surface area contributed by atoms with Crippen molar-refractivity contribution in [2.75, 3.05) is 12.4 Å². The maximum atomic E-state index is 12.8. The summed E-state index contributed by atoms with van der Waals surface area (Å²) in [5, 5.41) is 2.71. The van der Waals surface area contributed by atoms with Crippen LogP contribution >= 0.6 is 0 Å². The molecule has 0 spiro atoms. The van der Waals surface area contributed by atoms with Crippen molar-refractivity contribution in [1.82, 2.24) is 4.31 Å². The lowest BCUT2D eigenvalue weighted by molar-refractivity contribution is -0.131. The molecule has 0 saturated heterocycles.